The van der Waals surface area contributed by atoms with E-state index in [2.05, 4.69) is 69.5 Å². The Morgan fingerprint density at radius 3 is 2.40 bits per heavy atom. The first-order chi connectivity index (χ1) is 14.5. The van der Waals surface area contributed by atoms with Crippen molar-refractivity contribution in [2.75, 3.05) is 56.7 Å². The minimum Gasteiger partial charge on any atom is -0.378 e. The van der Waals surface area contributed by atoms with Crippen molar-refractivity contribution in [2.45, 2.75) is 30.3 Å². The highest BCUT2D eigenvalue weighted by atomic mass is 16.5. The lowest BCUT2D eigenvalue weighted by Crippen LogP contribution is -2.67. The topological polar surface area (TPSA) is 77.0 Å². The lowest BCUT2D eigenvalue weighted by molar-refractivity contribution is -0.0313. The first-order valence-corrected chi connectivity index (χ1v) is 10.6. The van der Waals surface area contributed by atoms with Crippen molar-refractivity contribution in [2.24, 2.45) is 0 Å². The number of ether oxygens (including phenoxy) is 1. The molecule has 1 unspecified atom stereocenters. The second-order valence-electron chi connectivity index (χ2n) is 8.91. The van der Waals surface area contributed by atoms with Crippen LogP contribution in [0.5, 0.6) is 0 Å². The molecule has 0 radical (unpaired) electrons. The van der Waals surface area contributed by atoms with Gasteiger partial charge in [0.15, 0.2) is 6.35 Å². The second kappa shape index (κ2) is 7.46. The van der Waals surface area contributed by atoms with Crippen molar-refractivity contribution in [1.29, 1.82) is 0 Å². The Balaban J connectivity index is 1.31. The first kappa shape index (κ1) is 19.7. The molecule has 1 aliphatic carbocycles. The Kier molecular flexibility index (Phi) is 4.89. The van der Waals surface area contributed by atoms with Crippen LogP contribution in [0.15, 0.2) is 42.7 Å². The summed E-state index contributed by atoms with van der Waals surface area (Å²) in [5.74, 6) is 0.720. The molecule has 8 heteroatoms. The Labute approximate surface area is 177 Å². The molecule has 1 aromatic heterocycles. The van der Waals surface area contributed by atoms with Gasteiger partial charge >= 0.3 is 0 Å². The zero-order chi connectivity index (χ0) is 20.8. The summed E-state index contributed by atoms with van der Waals surface area (Å²) in [4.78, 5) is 15.5. The molecule has 0 bridgehead atoms. The Hall–Kier alpha value is -2.26. The summed E-state index contributed by atoms with van der Waals surface area (Å²) in [7, 11) is 4.28. The minimum atomic E-state index is -0.737. The molecule has 1 atom stereocenters. The highest BCUT2D eigenvalue weighted by Gasteiger charge is 2.60. The number of morpholine rings is 1. The first-order valence-electron chi connectivity index (χ1n) is 10.6. The van der Waals surface area contributed by atoms with Crippen molar-refractivity contribution in [3.63, 3.8) is 0 Å². The van der Waals surface area contributed by atoms with Crippen LogP contribution >= 0.6 is 0 Å². The van der Waals surface area contributed by atoms with E-state index in [0.29, 0.717) is 13.2 Å². The molecule has 3 aliphatic rings. The van der Waals surface area contributed by atoms with Gasteiger partial charge in [-0.15, -0.1) is 0 Å². The predicted molar refractivity (Wildman–Crippen MR) is 115 cm³/mol. The molecule has 1 saturated carbocycles. The molecule has 2 aliphatic heterocycles. The molecular formula is C22H30N6O2. The summed E-state index contributed by atoms with van der Waals surface area (Å²) in [6.07, 6.45) is 4.78. The van der Waals surface area contributed by atoms with Gasteiger partial charge in [-0.25, -0.2) is 9.97 Å². The maximum atomic E-state index is 10.8. The molecule has 160 valence electrons. The quantitative estimate of drug-likeness (QED) is 0.773. The monoisotopic (exact) mass is 410 g/mol. The number of benzene rings is 1. The number of aliphatic hydroxyl groups is 1. The number of nitrogens with zero attached hydrogens (tertiary/aromatic N) is 5. The van der Waals surface area contributed by atoms with Crippen molar-refractivity contribution in [3.8, 4) is 0 Å². The molecule has 0 amide bonds. The van der Waals surface area contributed by atoms with Crippen molar-refractivity contribution in [1.82, 2.24) is 20.2 Å². The van der Waals surface area contributed by atoms with E-state index in [1.807, 2.05) is 17.3 Å². The zero-order valence-electron chi connectivity index (χ0n) is 17.7. The number of anilines is 2. The van der Waals surface area contributed by atoms with E-state index in [-0.39, 0.29) is 11.1 Å². The van der Waals surface area contributed by atoms with Crippen LogP contribution in [0.2, 0.25) is 0 Å². The number of rotatable bonds is 4. The van der Waals surface area contributed by atoms with Crippen molar-refractivity contribution in [3.05, 3.63) is 48.3 Å². The van der Waals surface area contributed by atoms with E-state index in [1.54, 1.807) is 0 Å². The molecule has 1 spiro atoms. The van der Waals surface area contributed by atoms with E-state index in [9.17, 15) is 5.11 Å². The van der Waals surface area contributed by atoms with E-state index >= 15 is 0 Å². The van der Waals surface area contributed by atoms with Crippen molar-refractivity contribution < 1.29 is 9.84 Å². The summed E-state index contributed by atoms with van der Waals surface area (Å²) in [5.41, 5.74) is 2.03. The third-order valence-corrected chi connectivity index (χ3v) is 6.88. The van der Waals surface area contributed by atoms with Gasteiger partial charge in [0.25, 0.3) is 0 Å². The summed E-state index contributed by atoms with van der Waals surface area (Å²) in [6, 6.07) is 10.7. The predicted octanol–water partition coefficient (Wildman–Crippen LogP) is 0.988. The van der Waals surface area contributed by atoms with Crippen LogP contribution in [0.1, 0.15) is 18.4 Å². The van der Waals surface area contributed by atoms with E-state index in [1.165, 1.54) is 5.56 Å². The van der Waals surface area contributed by atoms with Gasteiger partial charge in [0, 0.05) is 30.7 Å². The fraction of sp³-hybridized carbons (Fsp3) is 0.545. The van der Waals surface area contributed by atoms with Crippen LogP contribution in [0, 0.1) is 0 Å². The maximum Gasteiger partial charge on any atom is 0.225 e. The highest BCUT2D eigenvalue weighted by Crippen LogP contribution is 2.53. The summed E-state index contributed by atoms with van der Waals surface area (Å²) in [5, 5.41) is 14.2. The molecule has 2 aromatic rings. The Bertz CT molecular complexity index is 863. The average molecular weight is 411 g/mol. The third-order valence-electron chi connectivity index (χ3n) is 6.88. The van der Waals surface area contributed by atoms with Crippen LogP contribution in [-0.4, -0.2) is 78.8 Å². The normalized spacial score (nSPS) is 31.4. The van der Waals surface area contributed by atoms with Gasteiger partial charge in [-0.1, -0.05) is 30.3 Å². The van der Waals surface area contributed by atoms with Gasteiger partial charge in [-0.2, -0.15) is 0 Å². The fourth-order valence-corrected chi connectivity index (χ4v) is 5.24. The molecule has 30 heavy (non-hydrogen) atoms. The summed E-state index contributed by atoms with van der Waals surface area (Å²) >= 11 is 0. The largest absolute Gasteiger partial charge is 0.378 e. The summed E-state index contributed by atoms with van der Waals surface area (Å²) in [6.45, 7) is 3.76. The number of aromatic nitrogens is 2. The lowest BCUT2D eigenvalue weighted by atomic mass is 9.59. The molecule has 2 saturated heterocycles. The minimum absolute atomic E-state index is 0.0132. The molecule has 5 rings (SSSR count). The van der Waals surface area contributed by atoms with E-state index < -0.39 is 6.35 Å². The molecule has 2 N–H and O–H groups in total. The third kappa shape index (κ3) is 3.24. The fourth-order valence-electron chi connectivity index (χ4n) is 5.24. The van der Waals surface area contributed by atoms with Gasteiger partial charge in [-0.05, 0) is 32.5 Å². The van der Waals surface area contributed by atoms with Crippen LogP contribution in [0.25, 0.3) is 0 Å². The number of hydrogen-bond acceptors (Lipinski definition) is 8. The van der Waals surface area contributed by atoms with Crippen LogP contribution in [0.3, 0.4) is 0 Å². The molecular weight excluding hydrogens is 380 g/mol. The number of aliphatic hydroxyl groups excluding tert-OH is 1. The highest BCUT2D eigenvalue weighted by molar-refractivity contribution is 5.49. The van der Waals surface area contributed by atoms with E-state index in [0.717, 1.165) is 44.1 Å². The molecule has 3 heterocycles. The van der Waals surface area contributed by atoms with Crippen LogP contribution in [0.4, 0.5) is 11.6 Å². The molecule has 3 fully saturated rings. The number of nitrogens with one attached hydrogen (secondary N) is 1. The van der Waals surface area contributed by atoms with Crippen LogP contribution in [-0.2, 0) is 10.3 Å². The van der Waals surface area contributed by atoms with E-state index in [4.69, 9.17) is 4.74 Å². The molecule has 8 nitrogen and oxygen atoms in total. The zero-order valence-corrected chi connectivity index (χ0v) is 17.7. The molecule has 1 aromatic carbocycles. The number of hydrogen-bond donors (Lipinski definition) is 2. The Morgan fingerprint density at radius 2 is 1.77 bits per heavy atom. The van der Waals surface area contributed by atoms with Gasteiger partial charge < -0.3 is 19.6 Å². The van der Waals surface area contributed by atoms with Gasteiger partial charge in [0.1, 0.15) is 0 Å². The standard InChI is InChI=1S/C22H30N6O2/c1-26(2)22(17-6-4-3-5-7-17)14-21(15-22)16-28(20(29)25-21)18-12-23-19(24-13-18)27-8-10-30-11-9-27/h3-7,12-13,20,25,29H,8-11,14-16H2,1-2H3. The lowest BCUT2D eigenvalue weighted by Gasteiger charge is -2.58. The van der Waals surface area contributed by atoms with Gasteiger partial charge in [0.2, 0.25) is 5.95 Å². The van der Waals surface area contributed by atoms with Gasteiger partial charge in [-0.3, -0.25) is 10.2 Å². The average Bonchev–Trinajstić information content (AvgIpc) is 3.11. The smallest absolute Gasteiger partial charge is 0.225 e. The van der Waals surface area contributed by atoms with Gasteiger partial charge in [0.05, 0.1) is 31.3 Å². The van der Waals surface area contributed by atoms with Crippen LogP contribution < -0.4 is 15.1 Å². The second-order valence-corrected chi connectivity index (χ2v) is 8.91. The van der Waals surface area contributed by atoms with Crippen molar-refractivity contribution >= 4 is 11.6 Å². The summed E-state index contributed by atoms with van der Waals surface area (Å²) < 4.78 is 5.40. The maximum absolute atomic E-state index is 10.8. The SMILES string of the molecule is CN(C)C1(c2ccccc2)CC2(CN(c3cnc(N4CCOCC4)nc3)C(O)N2)C1. The Morgan fingerprint density at radius 1 is 1.10 bits per heavy atom.